The van der Waals surface area contributed by atoms with E-state index >= 15 is 0 Å². The molecule has 0 spiro atoms. The van der Waals surface area contributed by atoms with Crippen LogP contribution >= 0.6 is 14.5 Å². The molecule has 0 radical (unpaired) electrons. The van der Waals surface area contributed by atoms with Crippen LogP contribution in [0.3, 0.4) is 0 Å². The second-order valence-corrected chi connectivity index (χ2v) is 12.1. The fourth-order valence-electron chi connectivity index (χ4n) is 0.537. The molecule has 8 N–H and O–H groups in total. The van der Waals surface area contributed by atoms with E-state index in [1.165, 1.54) is 0 Å². The third-order valence-electron chi connectivity index (χ3n) is 2.40. The number of hydrogen-bond donors (Lipinski definition) is 8. The van der Waals surface area contributed by atoms with E-state index in [0.717, 1.165) is 0 Å². The van der Waals surface area contributed by atoms with Gasteiger partial charge in [-0.25, -0.2) is 0 Å². The molecule has 0 unspecified atom stereocenters. The Bertz CT molecular complexity index is 203. The second kappa shape index (κ2) is 16.5. The monoisotopic (exact) mass is 390 g/mol. The van der Waals surface area contributed by atoms with Crippen LogP contribution in [0.1, 0.15) is 0 Å². The molecule has 0 aliphatic heterocycles. The van der Waals surface area contributed by atoms with Crippen LogP contribution in [0.15, 0.2) is 0 Å². The van der Waals surface area contributed by atoms with E-state index in [1.54, 1.807) is 0 Å². The molecule has 0 amide bonds. The number of rotatable bonds is 8. The lowest BCUT2D eigenvalue weighted by atomic mass is 11.6. The molecule has 11 nitrogen and oxygen atoms in total. The van der Waals surface area contributed by atoms with Crippen molar-refractivity contribution in [3.63, 3.8) is 0 Å². The highest BCUT2D eigenvalue weighted by atomic mass is 32.2. The maximum Gasteiger partial charge on any atom is 0.161 e. The van der Waals surface area contributed by atoms with Crippen LogP contribution in [0.4, 0.5) is 0 Å². The molecule has 0 bridgehead atoms. The van der Waals surface area contributed by atoms with E-state index in [1.807, 2.05) is 0 Å². The summed E-state index contributed by atoms with van der Waals surface area (Å²) < 4.78 is 25.3. The van der Waals surface area contributed by atoms with Crippen molar-refractivity contribution in [1.29, 1.82) is 0 Å². The highest BCUT2D eigenvalue weighted by molar-refractivity contribution is 7.75. The van der Waals surface area contributed by atoms with Crippen molar-refractivity contribution in [2.45, 2.75) is 0 Å². The Morgan fingerprint density at radius 2 is 0.636 bits per heavy atom. The minimum Gasteiger partial charge on any atom is -0.784 e. The summed E-state index contributed by atoms with van der Waals surface area (Å²) in [5, 5.41) is 68.4. The summed E-state index contributed by atoms with van der Waals surface area (Å²) in [6, 6.07) is 0. The standard InChI is InChI=1S/2C4H12O4P.H2O3S/c2*5-1-9(2-6,3-7)4-8;1-4(2)3/h2*5-8H,1-4H2;(H2,1,2,3)/q2*+1;/p-2. The Balaban J connectivity index is -0.000000266. The fourth-order valence-corrected chi connectivity index (χ4v) is 1.61. The summed E-state index contributed by atoms with van der Waals surface area (Å²) in [4.78, 5) is 0. The minimum atomic E-state index is -3.11. The Morgan fingerprint density at radius 1 is 0.545 bits per heavy atom. The van der Waals surface area contributed by atoms with Gasteiger partial charge in [-0.05, 0) is 0 Å². The van der Waals surface area contributed by atoms with E-state index < -0.39 is 25.9 Å². The molecular formula is C8H24O11P2S. The Kier molecular flexibility index (Phi) is 20.6. The topological polar surface area (TPSA) is 225 Å². The molecule has 0 atom stereocenters. The average molecular weight is 390 g/mol. The van der Waals surface area contributed by atoms with Gasteiger partial charge in [-0.2, -0.15) is 0 Å². The highest BCUT2D eigenvalue weighted by Crippen LogP contribution is 2.55. The molecular weight excluding hydrogens is 366 g/mol. The van der Waals surface area contributed by atoms with Gasteiger partial charge >= 0.3 is 0 Å². The Hall–Kier alpha value is 0.610. The van der Waals surface area contributed by atoms with Crippen molar-refractivity contribution >= 4 is 25.9 Å². The van der Waals surface area contributed by atoms with Crippen LogP contribution in [-0.2, 0) is 11.4 Å². The lowest BCUT2D eigenvalue weighted by molar-refractivity contribution is 0.287. The van der Waals surface area contributed by atoms with Crippen LogP contribution < -0.4 is 0 Å². The molecule has 0 aromatic carbocycles. The normalized spacial score (nSPS) is 11.4. The molecule has 0 saturated heterocycles. The summed E-state index contributed by atoms with van der Waals surface area (Å²) in [6.45, 7) is 0. The van der Waals surface area contributed by atoms with Crippen molar-refractivity contribution < 1.29 is 54.2 Å². The molecule has 0 aliphatic carbocycles. The first kappa shape index (κ1) is 27.5. The number of aliphatic hydroxyl groups excluding tert-OH is 8. The van der Waals surface area contributed by atoms with Gasteiger partial charge in [0.2, 0.25) is 0 Å². The van der Waals surface area contributed by atoms with Crippen LogP contribution in [-0.4, -0.2) is 105 Å². The molecule has 0 saturated carbocycles. The first-order valence-corrected chi connectivity index (χ1v) is 11.6. The zero-order valence-corrected chi connectivity index (χ0v) is 14.4. The zero-order chi connectivity index (χ0) is 18.2. The predicted molar refractivity (Wildman–Crippen MR) is 80.2 cm³/mol. The smallest absolute Gasteiger partial charge is 0.161 e. The molecule has 0 heterocycles. The van der Waals surface area contributed by atoms with Gasteiger partial charge < -0.3 is 50.0 Å². The van der Waals surface area contributed by atoms with E-state index in [9.17, 15) is 0 Å². The van der Waals surface area contributed by atoms with Gasteiger partial charge in [0, 0.05) is 0 Å². The Labute approximate surface area is 131 Å². The fraction of sp³-hybridized carbons (Fsp3) is 1.00. The van der Waals surface area contributed by atoms with Crippen molar-refractivity contribution in [3.8, 4) is 0 Å². The van der Waals surface area contributed by atoms with Crippen molar-refractivity contribution in [3.05, 3.63) is 0 Å². The third-order valence-corrected chi connectivity index (χ3v) is 7.20. The molecule has 0 aliphatic rings. The summed E-state index contributed by atoms with van der Waals surface area (Å²) in [7, 11) is -4.40. The maximum atomic E-state index is 8.55. The lowest BCUT2D eigenvalue weighted by Gasteiger charge is -2.15. The van der Waals surface area contributed by atoms with E-state index in [2.05, 4.69) is 0 Å². The highest BCUT2D eigenvalue weighted by Gasteiger charge is 2.35. The van der Waals surface area contributed by atoms with Crippen molar-refractivity contribution in [2.24, 2.45) is 0 Å². The van der Waals surface area contributed by atoms with Crippen LogP contribution in [0, 0.1) is 0 Å². The Morgan fingerprint density at radius 3 is 0.636 bits per heavy atom. The second-order valence-electron chi connectivity index (χ2n) is 4.02. The quantitative estimate of drug-likeness (QED) is 0.150. The number of aliphatic hydroxyl groups is 8. The van der Waals surface area contributed by atoms with Gasteiger partial charge in [-0.3, -0.25) is 4.21 Å². The van der Waals surface area contributed by atoms with Gasteiger partial charge in [0.1, 0.15) is 14.5 Å². The largest absolute Gasteiger partial charge is 0.784 e. The third kappa shape index (κ3) is 13.1. The zero-order valence-electron chi connectivity index (χ0n) is 11.8. The molecule has 0 rings (SSSR count). The van der Waals surface area contributed by atoms with E-state index in [4.69, 9.17) is 54.2 Å². The number of hydrogen-bond acceptors (Lipinski definition) is 11. The lowest BCUT2D eigenvalue weighted by Crippen LogP contribution is -2.10. The predicted octanol–water partition coefficient (Wildman–Crippen LogP) is -3.40. The van der Waals surface area contributed by atoms with Crippen molar-refractivity contribution in [2.75, 3.05) is 50.8 Å². The SMILES string of the molecule is O=S([O-])[O-].OC[P+](CO)(CO)CO.OC[P+](CO)(CO)CO. The first-order chi connectivity index (χ1) is 10.2. The van der Waals surface area contributed by atoms with Gasteiger partial charge in [0.25, 0.3) is 0 Å². The summed E-state index contributed by atoms with van der Waals surface area (Å²) in [5.74, 6) is 0. The average Bonchev–Trinajstić information content (AvgIpc) is 2.53. The van der Waals surface area contributed by atoms with E-state index in [-0.39, 0.29) is 50.8 Å². The van der Waals surface area contributed by atoms with Crippen LogP contribution in [0.5, 0.6) is 0 Å². The van der Waals surface area contributed by atoms with E-state index in [0.29, 0.717) is 0 Å². The summed E-state index contributed by atoms with van der Waals surface area (Å²) in [5.41, 5.74) is 0. The summed E-state index contributed by atoms with van der Waals surface area (Å²) >= 11 is -3.11. The van der Waals surface area contributed by atoms with Gasteiger partial charge in [-0.15, -0.1) is 11.4 Å². The van der Waals surface area contributed by atoms with Gasteiger partial charge in [0.05, 0.1) is 0 Å². The molecule has 0 aromatic rings. The van der Waals surface area contributed by atoms with Crippen molar-refractivity contribution in [1.82, 2.24) is 0 Å². The first-order valence-electron chi connectivity index (χ1n) is 5.56. The minimum absolute atomic E-state index is 0.295. The molecule has 138 valence electrons. The molecule has 14 heteroatoms. The van der Waals surface area contributed by atoms with Gasteiger partial charge in [0.15, 0.2) is 50.8 Å². The molecule has 0 fully saturated rings. The summed E-state index contributed by atoms with van der Waals surface area (Å²) in [6.07, 6.45) is -2.36. The molecule has 22 heavy (non-hydrogen) atoms. The van der Waals surface area contributed by atoms with Crippen LogP contribution in [0.2, 0.25) is 0 Å². The van der Waals surface area contributed by atoms with Gasteiger partial charge in [-0.1, -0.05) is 0 Å². The molecule has 0 aromatic heterocycles. The maximum absolute atomic E-state index is 8.55. The van der Waals surface area contributed by atoms with Crippen LogP contribution in [0.25, 0.3) is 0 Å².